The summed E-state index contributed by atoms with van der Waals surface area (Å²) >= 11 is 0. The smallest absolute Gasteiger partial charge is 0.113 e. The highest BCUT2D eigenvalue weighted by Gasteiger charge is 2.44. The lowest BCUT2D eigenvalue weighted by Gasteiger charge is -2.40. The third-order valence-electron chi connectivity index (χ3n) is 7.16. The van der Waals surface area contributed by atoms with Gasteiger partial charge in [-0.25, -0.2) is 0 Å². The third-order valence-corrected chi connectivity index (χ3v) is 7.16. The van der Waals surface area contributed by atoms with Crippen molar-refractivity contribution in [2.45, 2.75) is 81.6 Å². The number of aryl methyl sites for hydroxylation is 1. The molecule has 1 heterocycles. The van der Waals surface area contributed by atoms with Gasteiger partial charge in [-0.1, -0.05) is 61.7 Å². The second-order valence-corrected chi connectivity index (χ2v) is 9.40. The van der Waals surface area contributed by atoms with Gasteiger partial charge >= 0.3 is 0 Å². The van der Waals surface area contributed by atoms with Crippen molar-refractivity contribution in [1.82, 2.24) is 0 Å². The summed E-state index contributed by atoms with van der Waals surface area (Å²) in [5, 5.41) is 51.1. The average molecular weight is 443 g/mol. The first kappa shape index (κ1) is 23.4. The van der Waals surface area contributed by atoms with Crippen LogP contribution in [-0.2, 0) is 16.8 Å². The van der Waals surface area contributed by atoms with Crippen LogP contribution < -0.4 is 0 Å². The molecule has 5 atom stereocenters. The Morgan fingerprint density at radius 1 is 0.906 bits per heavy atom. The molecule has 5 N–H and O–H groups in total. The summed E-state index contributed by atoms with van der Waals surface area (Å²) in [5.74, 6) is 0. The van der Waals surface area contributed by atoms with Gasteiger partial charge in [0.25, 0.3) is 0 Å². The minimum atomic E-state index is -1.39. The van der Waals surface area contributed by atoms with Crippen molar-refractivity contribution in [1.29, 1.82) is 0 Å². The number of hydrogen-bond acceptors (Lipinski definition) is 6. The first-order chi connectivity index (χ1) is 15.3. The summed E-state index contributed by atoms with van der Waals surface area (Å²) < 4.78 is 5.72. The molecule has 0 unspecified atom stereocenters. The molecule has 0 spiro atoms. The summed E-state index contributed by atoms with van der Waals surface area (Å²) in [7, 11) is 0. The molecule has 32 heavy (non-hydrogen) atoms. The van der Waals surface area contributed by atoms with E-state index in [0.717, 1.165) is 47.9 Å². The summed E-state index contributed by atoms with van der Waals surface area (Å²) in [6.45, 7) is 1.57. The molecule has 1 aliphatic heterocycles. The molecule has 0 bridgehead atoms. The Bertz CT molecular complexity index is 903. The molecule has 2 fully saturated rings. The minimum Gasteiger partial charge on any atom is -0.394 e. The molecule has 2 aromatic rings. The first-order valence-corrected chi connectivity index (χ1v) is 11.5. The van der Waals surface area contributed by atoms with E-state index in [1.807, 2.05) is 37.3 Å². The Morgan fingerprint density at radius 2 is 1.59 bits per heavy atom. The van der Waals surface area contributed by atoms with Crippen molar-refractivity contribution >= 4 is 0 Å². The molecule has 6 nitrogen and oxygen atoms in total. The number of rotatable bonds is 5. The molecular weight excluding hydrogens is 408 g/mol. The van der Waals surface area contributed by atoms with Gasteiger partial charge in [0.2, 0.25) is 0 Å². The summed E-state index contributed by atoms with van der Waals surface area (Å²) in [4.78, 5) is 0. The van der Waals surface area contributed by atoms with Crippen LogP contribution >= 0.6 is 0 Å². The molecule has 0 amide bonds. The predicted octanol–water partition coefficient (Wildman–Crippen LogP) is 2.25. The Labute approximate surface area is 189 Å². The van der Waals surface area contributed by atoms with E-state index in [2.05, 4.69) is 12.1 Å². The van der Waals surface area contributed by atoms with Crippen molar-refractivity contribution < 1.29 is 30.3 Å². The normalized spacial score (nSPS) is 30.2. The van der Waals surface area contributed by atoms with Crippen LogP contribution in [0.25, 0.3) is 0 Å². The largest absolute Gasteiger partial charge is 0.394 e. The van der Waals surface area contributed by atoms with Crippen LogP contribution in [0.5, 0.6) is 0 Å². The van der Waals surface area contributed by atoms with Crippen LogP contribution in [0.4, 0.5) is 0 Å². The summed E-state index contributed by atoms with van der Waals surface area (Å²) in [6.07, 6.45) is -0.223. The predicted molar refractivity (Wildman–Crippen MR) is 120 cm³/mol. The monoisotopic (exact) mass is 442 g/mol. The average Bonchev–Trinajstić information content (AvgIpc) is 2.80. The molecule has 1 saturated heterocycles. The SMILES string of the molecule is Cc1ccc([C@@H]2O[C@H](CO)[C@@H](O)[C@H](O)[C@H]2O)cc1Cc1ccc(C2(O)CCCCC2)cc1. The molecule has 1 saturated carbocycles. The summed E-state index contributed by atoms with van der Waals surface area (Å²) in [6, 6.07) is 13.9. The van der Waals surface area contributed by atoms with Gasteiger partial charge in [-0.15, -0.1) is 0 Å². The lowest BCUT2D eigenvalue weighted by molar-refractivity contribution is -0.231. The molecular formula is C26H34O6. The third kappa shape index (κ3) is 4.62. The fraction of sp³-hybridized carbons (Fsp3) is 0.538. The Kier molecular flexibility index (Phi) is 7.00. The van der Waals surface area contributed by atoms with Crippen molar-refractivity contribution in [3.63, 3.8) is 0 Å². The zero-order valence-corrected chi connectivity index (χ0v) is 18.5. The van der Waals surface area contributed by atoms with Gasteiger partial charge in [0.05, 0.1) is 12.2 Å². The van der Waals surface area contributed by atoms with E-state index < -0.39 is 42.7 Å². The van der Waals surface area contributed by atoms with Crippen LogP contribution in [0.2, 0.25) is 0 Å². The maximum atomic E-state index is 11.0. The van der Waals surface area contributed by atoms with E-state index in [4.69, 9.17) is 4.74 Å². The maximum absolute atomic E-state index is 11.0. The van der Waals surface area contributed by atoms with Crippen LogP contribution in [-0.4, -0.2) is 56.6 Å². The van der Waals surface area contributed by atoms with E-state index in [9.17, 15) is 25.5 Å². The standard InChI is InChI=1S/C26H34O6/c1-16-5-8-18(25-24(30)23(29)22(28)21(15-27)32-25)14-19(16)13-17-6-9-20(10-7-17)26(31)11-3-2-4-12-26/h5-10,14,21-25,27-31H,2-4,11-13,15H2,1H3/t21-,22-,23+,24-,25+/m1/s1. The van der Waals surface area contributed by atoms with Gasteiger partial charge in [0, 0.05) is 0 Å². The van der Waals surface area contributed by atoms with E-state index in [0.29, 0.717) is 12.0 Å². The maximum Gasteiger partial charge on any atom is 0.113 e. The molecule has 174 valence electrons. The fourth-order valence-electron chi connectivity index (χ4n) is 5.01. The van der Waals surface area contributed by atoms with Crippen molar-refractivity contribution in [2.75, 3.05) is 6.61 Å². The zero-order chi connectivity index (χ0) is 22.9. The van der Waals surface area contributed by atoms with Gasteiger partial charge < -0.3 is 30.3 Å². The van der Waals surface area contributed by atoms with Gasteiger partial charge in [0.1, 0.15) is 30.5 Å². The van der Waals surface area contributed by atoms with Crippen LogP contribution in [0.3, 0.4) is 0 Å². The lowest BCUT2D eigenvalue weighted by atomic mass is 9.79. The van der Waals surface area contributed by atoms with Crippen LogP contribution in [0.15, 0.2) is 42.5 Å². The molecule has 2 aromatic carbocycles. The highest BCUT2D eigenvalue weighted by atomic mass is 16.5. The topological polar surface area (TPSA) is 110 Å². The number of benzene rings is 2. The second-order valence-electron chi connectivity index (χ2n) is 9.40. The van der Waals surface area contributed by atoms with Crippen LogP contribution in [0, 0.1) is 6.92 Å². The molecule has 6 heteroatoms. The Morgan fingerprint density at radius 3 is 2.25 bits per heavy atom. The van der Waals surface area contributed by atoms with E-state index in [-0.39, 0.29) is 0 Å². The van der Waals surface area contributed by atoms with Gasteiger partial charge in [-0.05, 0) is 54.0 Å². The van der Waals surface area contributed by atoms with Crippen LogP contribution in [0.1, 0.15) is 66.0 Å². The van der Waals surface area contributed by atoms with Gasteiger partial charge in [-0.3, -0.25) is 0 Å². The number of aliphatic hydroxyl groups excluding tert-OH is 4. The minimum absolute atomic E-state index is 0.446. The molecule has 0 radical (unpaired) electrons. The highest BCUT2D eigenvalue weighted by Crippen LogP contribution is 2.37. The fourth-order valence-corrected chi connectivity index (χ4v) is 5.01. The van der Waals surface area contributed by atoms with Crippen molar-refractivity contribution in [3.05, 3.63) is 70.3 Å². The molecule has 0 aromatic heterocycles. The van der Waals surface area contributed by atoms with Crippen molar-refractivity contribution in [3.8, 4) is 0 Å². The second kappa shape index (κ2) is 9.59. The van der Waals surface area contributed by atoms with Gasteiger partial charge in [0.15, 0.2) is 0 Å². The Balaban J connectivity index is 1.53. The zero-order valence-electron chi connectivity index (χ0n) is 18.5. The number of aliphatic hydroxyl groups is 5. The van der Waals surface area contributed by atoms with E-state index >= 15 is 0 Å². The lowest BCUT2D eigenvalue weighted by Crippen LogP contribution is -2.55. The van der Waals surface area contributed by atoms with E-state index in [1.54, 1.807) is 0 Å². The van der Waals surface area contributed by atoms with Gasteiger partial charge in [-0.2, -0.15) is 0 Å². The first-order valence-electron chi connectivity index (χ1n) is 11.5. The van der Waals surface area contributed by atoms with Crippen molar-refractivity contribution in [2.24, 2.45) is 0 Å². The molecule has 2 aliphatic rings. The highest BCUT2D eigenvalue weighted by molar-refractivity contribution is 5.38. The summed E-state index contributed by atoms with van der Waals surface area (Å²) in [5.41, 5.74) is 4.22. The Hall–Kier alpha value is -1.80. The number of ether oxygens (including phenoxy) is 1. The molecule has 1 aliphatic carbocycles. The van der Waals surface area contributed by atoms with E-state index in [1.165, 1.54) is 6.42 Å². The quantitative estimate of drug-likeness (QED) is 0.486. The number of hydrogen-bond donors (Lipinski definition) is 5. The molecule has 4 rings (SSSR count).